The highest BCUT2D eigenvalue weighted by molar-refractivity contribution is 6.04. The van der Waals surface area contributed by atoms with Gasteiger partial charge in [0.2, 0.25) is 0 Å². The number of hydrogen-bond acceptors (Lipinski definition) is 4. The molecule has 0 aliphatic heterocycles. The molecular weight excluding hydrogens is 232 g/mol. The van der Waals surface area contributed by atoms with E-state index in [9.17, 15) is 9.59 Å². The van der Waals surface area contributed by atoms with E-state index in [0.717, 1.165) is 11.1 Å². The third kappa shape index (κ3) is 1.79. The lowest BCUT2D eigenvalue weighted by molar-refractivity contribution is -0.165. The first-order valence-electron chi connectivity index (χ1n) is 5.58. The van der Waals surface area contributed by atoms with Crippen LogP contribution in [0.2, 0.25) is 0 Å². The molecule has 0 saturated heterocycles. The number of hydrogen-bond donors (Lipinski definition) is 0. The number of methoxy groups -OCH3 is 2. The lowest BCUT2D eigenvalue weighted by Crippen LogP contribution is -2.42. The summed E-state index contributed by atoms with van der Waals surface area (Å²) in [4.78, 5) is 23.8. The zero-order valence-electron chi connectivity index (χ0n) is 10.3. The summed E-state index contributed by atoms with van der Waals surface area (Å²) in [6.07, 6.45) is 3.58. The Bertz CT molecular complexity index is 500. The van der Waals surface area contributed by atoms with Gasteiger partial charge in [0.15, 0.2) is 5.41 Å². The molecule has 0 fully saturated rings. The van der Waals surface area contributed by atoms with Crippen LogP contribution in [0, 0.1) is 5.41 Å². The maximum absolute atomic E-state index is 11.9. The van der Waals surface area contributed by atoms with Crippen LogP contribution in [0.25, 0.3) is 6.08 Å². The summed E-state index contributed by atoms with van der Waals surface area (Å²) in [5, 5.41) is 0. The molecule has 0 amide bonds. The fourth-order valence-electron chi connectivity index (χ4n) is 2.18. The summed E-state index contributed by atoms with van der Waals surface area (Å²) >= 11 is 0. The van der Waals surface area contributed by atoms with E-state index in [-0.39, 0.29) is 6.42 Å². The number of benzene rings is 1. The van der Waals surface area contributed by atoms with Gasteiger partial charge in [-0.2, -0.15) is 0 Å². The number of esters is 2. The van der Waals surface area contributed by atoms with E-state index in [4.69, 9.17) is 9.47 Å². The third-order valence-corrected chi connectivity index (χ3v) is 3.17. The quantitative estimate of drug-likeness (QED) is 0.587. The minimum Gasteiger partial charge on any atom is -0.468 e. The van der Waals surface area contributed by atoms with Crippen molar-refractivity contribution in [1.82, 2.24) is 0 Å². The van der Waals surface area contributed by atoms with Crippen molar-refractivity contribution < 1.29 is 19.1 Å². The average molecular weight is 246 g/mol. The average Bonchev–Trinajstić information content (AvgIpc) is 2.44. The van der Waals surface area contributed by atoms with Crippen molar-refractivity contribution in [2.75, 3.05) is 14.2 Å². The van der Waals surface area contributed by atoms with E-state index in [2.05, 4.69) is 0 Å². The monoisotopic (exact) mass is 246 g/mol. The second kappa shape index (κ2) is 4.64. The second-order valence-electron chi connectivity index (χ2n) is 4.16. The molecule has 0 spiro atoms. The minimum atomic E-state index is -1.36. The van der Waals surface area contributed by atoms with Gasteiger partial charge in [-0.1, -0.05) is 36.4 Å². The van der Waals surface area contributed by atoms with Gasteiger partial charge >= 0.3 is 11.9 Å². The van der Waals surface area contributed by atoms with Crippen molar-refractivity contribution in [1.29, 1.82) is 0 Å². The predicted octanol–water partition coefficient (Wildman–Crippen LogP) is 1.59. The molecule has 0 bridgehead atoms. The Hall–Kier alpha value is -2.10. The van der Waals surface area contributed by atoms with Gasteiger partial charge in [0.05, 0.1) is 14.2 Å². The Morgan fingerprint density at radius 3 is 2.33 bits per heavy atom. The largest absolute Gasteiger partial charge is 0.468 e. The molecule has 0 atom stereocenters. The second-order valence-corrected chi connectivity index (χ2v) is 4.16. The zero-order valence-corrected chi connectivity index (χ0v) is 10.3. The lowest BCUT2D eigenvalue weighted by Gasteiger charge is -2.28. The standard InChI is InChI=1S/C14H14O4/c1-17-12(15)14(13(16)18-2)8-7-10-5-3-4-6-11(10)9-14/h3-8H,9H2,1-2H3. The first kappa shape index (κ1) is 12.4. The van der Waals surface area contributed by atoms with Crippen LogP contribution in [-0.4, -0.2) is 26.2 Å². The molecule has 1 aliphatic rings. The van der Waals surface area contributed by atoms with E-state index in [1.165, 1.54) is 14.2 Å². The molecule has 0 saturated carbocycles. The molecule has 2 rings (SSSR count). The van der Waals surface area contributed by atoms with Gasteiger partial charge in [-0.3, -0.25) is 9.59 Å². The van der Waals surface area contributed by atoms with Crippen LogP contribution in [-0.2, 0) is 25.5 Å². The Balaban J connectivity index is 2.48. The summed E-state index contributed by atoms with van der Waals surface area (Å²) < 4.78 is 9.48. The fraction of sp³-hybridized carbons (Fsp3) is 0.286. The van der Waals surface area contributed by atoms with Crippen molar-refractivity contribution >= 4 is 18.0 Å². The van der Waals surface area contributed by atoms with Gasteiger partial charge < -0.3 is 9.47 Å². The Labute approximate surface area is 105 Å². The Morgan fingerprint density at radius 2 is 1.72 bits per heavy atom. The molecule has 18 heavy (non-hydrogen) atoms. The molecule has 1 aromatic carbocycles. The fourth-order valence-corrected chi connectivity index (χ4v) is 2.18. The van der Waals surface area contributed by atoms with Crippen molar-refractivity contribution in [3.63, 3.8) is 0 Å². The number of fused-ring (bicyclic) bond motifs is 1. The summed E-state index contributed by atoms with van der Waals surface area (Å²) in [6.45, 7) is 0. The molecule has 0 radical (unpaired) electrons. The van der Waals surface area contributed by atoms with Crippen molar-refractivity contribution in [2.45, 2.75) is 6.42 Å². The van der Waals surface area contributed by atoms with Gasteiger partial charge in [0, 0.05) is 6.42 Å². The molecule has 94 valence electrons. The van der Waals surface area contributed by atoms with Gasteiger partial charge in [-0.25, -0.2) is 0 Å². The molecule has 4 heteroatoms. The van der Waals surface area contributed by atoms with Gasteiger partial charge in [-0.15, -0.1) is 0 Å². The summed E-state index contributed by atoms with van der Waals surface area (Å²) in [5.74, 6) is -1.19. The first-order chi connectivity index (χ1) is 8.64. The van der Waals surface area contributed by atoms with Crippen LogP contribution in [0.15, 0.2) is 30.3 Å². The molecule has 0 unspecified atom stereocenters. The van der Waals surface area contributed by atoms with Crippen LogP contribution in [0.3, 0.4) is 0 Å². The predicted molar refractivity (Wildman–Crippen MR) is 65.6 cm³/mol. The topological polar surface area (TPSA) is 52.6 Å². The lowest BCUT2D eigenvalue weighted by atomic mass is 9.76. The normalized spacial score (nSPS) is 15.7. The van der Waals surface area contributed by atoms with Gasteiger partial charge in [-0.05, 0) is 11.1 Å². The Morgan fingerprint density at radius 1 is 1.11 bits per heavy atom. The molecule has 1 aromatic rings. The number of carbonyl (C=O) groups is 2. The SMILES string of the molecule is COC(=O)C1(C(=O)OC)C=Cc2ccccc2C1. The number of carbonyl (C=O) groups excluding carboxylic acids is 2. The van der Waals surface area contributed by atoms with E-state index < -0.39 is 17.4 Å². The maximum Gasteiger partial charge on any atom is 0.327 e. The summed E-state index contributed by atoms with van der Waals surface area (Å²) in [5.41, 5.74) is 0.564. The van der Waals surface area contributed by atoms with Crippen molar-refractivity contribution in [3.8, 4) is 0 Å². The number of rotatable bonds is 2. The highest BCUT2D eigenvalue weighted by atomic mass is 16.5. The zero-order chi connectivity index (χ0) is 13.2. The van der Waals surface area contributed by atoms with Crippen LogP contribution < -0.4 is 0 Å². The molecule has 0 N–H and O–H groups in total. The molecular formula is C14H14O4. The summed E-state index contributed by atoms with van der Waals surface area (Å²) in [7, 11) is 2.53. The molecule has 0 heterocycles. The van der Waals surface area contributed by atoms with Crippen molar-refractivity contribution in [3.05, 3.63) is 41.5 Å². The van der Waals surface area contributed by atoms with Crippen LogP contribution >= 0.6 is 0 Å². The minimum absolute atomic E-state index is 0.263. The van der Waals surface area contributed by atoms with E-state index in [1.807, 2.05) is 24.3 Å². The van der Waals surface area contributed by atoms with Crippen molar-refractivity contribution in [2.24, 2.45) is 5.41 Å². The number of ether oxygens (including phenoxy) is 2. The first-order valence-corrected chi connectivity index (χ1v) is 5.58. The van der Waals surface area contributed by atoms with Gasteiger partial charge in [0.1, 0.15) is 0 Å². The maximum atomic E-state index is 11.9. The third-order valence-electron chi connectivity index (χ3n) is 3.17. The van der Waals surface area contributed by atoms with E-state index in [1.54, 1.807) is 12.2 Å². The molecule has 1 aliphatic carbocycles. The highest BCUT2D eigenvalue weighted by Crippen LogP contribution is 2.34. The van der Waals surface area contributed by atoms with Crippen LogP contribution in [0.4, 0.5) is 0 Å². The van der Waals surface area contributed by atoms with E-state index in [0.29, 0.717) is 0 Å². The summed E-state index contributed by atoms with van der Waals surface area (Å²) in [6, 6.07) is 7.60. The Kier molecular flexibility index (Phi) is 3.19. The van der Waals surface area contributed by atoms with E-state index >= 15 is 0 Å². The highest BCUT2D eigenvalue weighted by Gasteiger charge is 2.47. The molecule has 0 aromatic heterocycles. The molecule has 4 nitrogen and oxygen atoms in total. The van der Waals surface area contributed by atoms with Crippen LogP contribution in [0.1, 0.15) is 11.1 Å². The van der Waals surface area contributed by atoms with Gasteiger partial charge in [0.25, 0.3) is 0 Å². The van der Waals surface area contributed by atoms with Crippen LogP contribution in [0.5, 0.6) is 0 Å². The smallest absolute Gasteiger partial charge is 0.327 e.